The Morgan fingerprint density at radius 1 is 1.22 bits per heavy atom. The van der Waals surface area contributed by atoms with E-state index in [9.17, 15) is 14.0 Å². The lowest BCUT2D eigenvalue weighted by Crippen LogP contribution is -2.02. The molecule has 4 nitrogen and oxygen atoms in total. The zero-order valence-corrected chi connectivity index (χ0v) is 12.5. The van der Waals surface area contributed by atoms with E-state index in [1.54, 1.807) is 30.5 Å². The number of halogens is 1. The third-order valence-corrected chi connectivity index (χ3v) is 3.72. The molecule has 0 saturated carbocycles. The molecule has 0 radical (unpaired) electrons. The average molecular weight is 311 g/mol. The zero-order valence-electron chi connectivity index (χ0n) is 12.5. The Bertz CT molecular complexity index is 881. The summed E-state index contributed by atoms with van der Waals surface area (Å²) in [4.78, 5) is 23.0. The summed E-state index contributed by atoms with van der Waals surface area (Å²) in [5, 5.41) is 0.677. The van der Waals surface area contributed by atoms with E-state index in [-0.39, 0.29) is 12.2 Å². The van der Waals surface area contributed by atoms with Gasteiger partial charge < -0.3 is 14.1 Å². The molecule has 0 aliphatic carbocycles. The number of fused-ring (bicyclic) bond motifs is 1. The van der Waals surface area contributed by atoms with Crippen LogP contribution in [0.2, 0.25) is 0 Å². The van der Waals surface area contributed by atoms with E-state index in [1.165, 1.54) is 19.2 Å². The number of nitrogens with zero attached hydrogens (tertiary/aromatic N) is 1. The molecular weight excluding hydrogens is 297 g/mol. The Balaban J connectivity index is 2.30. The number of aldehydes is 1. The highest BCUT2D eigenvalue weighted by Gasteiger charge is 2.17. The minimum absolute atomic E-state index is 0.179. The van der Waals surface area contributed by atoms with Gasteiger partial charge in [0.15, 0.2) is 0 Å². The number of ether oxygens (including phenoxy) is 1. The molecule has 0 fully saturated rings. The van der Waals surface area contributed by atoms with E-state index in [2.05, 4.69) is 0 Å². The maximum absolute atomic E-state index is 13.1. The third kappa shape index (κ3) is 2.61. The zero-order chi connectivity index (χ0) is 16.4. The monoisotopic (exact) mass is 311 g/mol. The van der Waals surface area contributed by atoms with Crippen molar-refractivity contribution in [2.45, 2.75) is 6.42 Å². The van der Waals surface area contributed by atoms with Gasteiger partial charge in [-0.2, -0.15) is 0 Å². The van der Waals surface area contributed by atoms with Gasteiger partial charge in [-0.15, -0.1) is 0 Å². The van der Waals surface area contributed by atoms with Crippen molar-refractivity contribution in [2.75, 3.05) is 7.11 Å². The van der Waals surface area contributed by atoms with Crippen molar-refractivity contribution in [3.63, 3.8) is 0 Å². The highest BCUT2D eigenvalue weighted by Crippen LogP contribution is 2.29. The topological polar surface area (TPSA) is 48.3 Å². The van der Waals surface area contributed by atoms with Crippen LogP contribution < -0.4 is 0 Å². The number of esters is 1. The number of hydrogen-bond acceptors (Lipinski definition) is 3. The van der Waals surface area contributed by atoms with Gasteiger partial charge in [0.05, 0.1) is 18.2 Å². The molecule has 116 valence electrons. The Morgan fingerprint density at radius 2 is 1.96 bits per heavy atom. The van der Waals surface area contributed by atoms with Crippen molar-refractivity contribution < 1.29 is 18.7 Å². The lowest BCUT2D eigenvalue weighted by atomic mass is 10.0. The molecule has 0 spiro atoms. The summed E-state index contributed by atoms with van der Waals surface area (Å²) in [5.41, 5.74) is 2.63. The molecular formula is C18H14FNO3. The molecule has 0 unspecified atom stereocenters. The van der Waals surface area contributed by atoms with Crippen LogP contribution in [-0.4, -0.2) is 23.9 Å². The first-order valence-corrected chi connectivity index (χ1v) is 7.06. The van der Waals surface area contributed by atoms with Gasteiger partial charge in [0.2, 0.25) is 0 Å². The molecule has 1 aromatic heterocycles. The molecule has 0 bridgehead atoms. The van der Waals surface area contributed by atoms with E-state index >= 15 is 0 Å². The van der Waals surface area contributed by atoms with E-state index in [1.807, 2.05) is 10.6 Å². The third-order valence-electron chi connectivity index (χ3n) is 3.72. The number of methoxy groups -OCH3 is 1. The first-order valence-electron chi connectivity index (χ1n) is 7.06. The highest BCUT2D eigenvalue weighted by molar-refractivity contribution is 6.06. The van der Waals surface area contributed by atoms with Gasteiger partial charge in [-0.05, 0) is 42.0 Å². The molecule has 2 aromatic carbocycles. The predicted octanol–water partition coefficient (Wildman–Crippen LogP) is 3.30. The molecule has 0 aliphatic heterocycles. The summed E-state index contributed by atoms with van der Waals surface area (Å²) in [6, 6.07) is 11.3. The minimum atomic E-state index is -0.459. The summed E-state index contributed by atoms with van der Waals surface area (Å²) in [5.74, 6) is -0.784. The Hall–Kier alpha value is -2.95. The largest absolute Gasteiger partial charge is 0.465 e. The van der Waals surface area contributed by atoms with E-state index in [0.717, 1.165) is 23.1 Å². The van der Waals surface area contributed by atoms with Gasteiger partial charge >= 0.3 is 5.97 Å². The molecule has 0 saturated heterocycles. The van der Waals surface area contributed by atoms with Crippen LogP contribution >= 0.6 is 0 Å². The smallest absolute Gasteiger partial charge is 0.338 e. The van der Waals surface area contributed by atoms with Crippen LogP contribution in [0.25, 0.3) is 16.6 Å². The molecule has 3 rings (SSSR count). The highest BCUT2D eigenvalue weighted by atomic mass is 19.1. The fourth-order valence-corrected chi connectivity index (χ4v) is 2.71. The van der Waals surface area contributed by atoms with Crippen LogP contribution in [0.3, 0.4) is 0 Å². The number of aromatic nitrogens is 1. The van der Waals surface area contributed by atoms with E-state index in [0.29, 0.717) is 10.9 Å². The first-order chi connectivity index (χ1) is 11.2. The first kappa shape index (κ1) is 15.0. The lowest BCUT2D eigenvalue weighted by molar-refractivity contribution is -0.107. The summed E-state index contributed by atoms with van der Waals surface area (Å²) in [6.45, 7) is 0. The van der Waals surface area contributed by atoms with Crippen molar-refractivity contribution >= 4 is 23.2 Å². The number of hydrogen-bond donors (Lipinski definition) is 0. The molecule has 0 atom stereocenters. The van der Waals surface area contributed by atoms with Crippen LogP contribution in [0.4, 0.5) is 4.39 Å². The normalized spacial score (nSPS) is 10.7. The summed E-state index contributed by atoms with van der Waals surface area (Å²) in [6.07, 6.45) is 2.76. The molecule has 1 heterocycles. The summed E-state index contributed by atoms with van der Waals surface area (Å²) >= 11 is 0. The maximum Gasteiger partial charge on any atom is 0.338 e. The van der Waals surface area contributed by atoms with Crippen molar-refractivity contribution in [3.05, 3.63) is 65.6 Å². The molecule has 23 heavy (non-hydrogen) atoms. The lowest BCUT2D eigenvalue weighted by Gasteiger charge is -2.06. The Morgan fingerprint density at radius 3 is 2.61 bits per heavy atom. The summed E-state index contributed by atoms with van der Waals surface area (Å²) in [7, 11) is 1.32. The average Bonchev–Trinajstić information content (AvgIpc) is 2.94. The van der Waals surface area contributed by atoms with Crippen molar-refractivity contribution in [1.82, 2.24) is 4.57 Å². The van der Waals surface area contributed by atoms with Crippen LogP contribution in [0.15, 0.2) is 48.7 Å². The quantitative estimate of drug-likeness (QED) is 0.549. The van der Waals surface area contributed by atoms with Gasteiger partial charge in [-0.3, -0.25) is 0 Å². The number of carbonyl (C=O) groups is 2. The van der Waals surface area contributed by atoms with Crippen molar-refractivity contribution in [1.29, 1.82) is 0 Å². The van der Waals surface area contributed by atoms with Crippen LogP contribution in [0, 0.1) is 5.82 Å². The van der Waals surface area contributed by atoms with Gasteiger partial charge in [-0.1, -0.05) is 6.07 Å². The van der Waals surface area contributed by atoms with Gasteiger partial charge in [0.1, 0.15) is 12.1 Å². The van der Waals surface area contributed by atoms with Crippen LogP contribution in [0.5, 0.6) is 0 Å². The molecule has 5 heteroatoms. The number of carbonyl (C=O) groups excluding carboxylic acids is 2. The molecule has 0 aliphatic rings. The van der Waals surface area contributed by atoms with Gasteiger partial charge in [0, 0.05) is 23.7 Å². The SMILES string of the molecule is COC(=O)c1cccc2c1c(CC=O)cn2-c1ccc(F)cc1. The second kappa shape index (κ2) is 6.04. The van der Waals surface area contributed by atoms with Crippen molar-refractivity contribution in [3.8, 4) is 5.69 Å². The number of rotatable bonds is 4. The van der Waals surface area contributed by atoms with Crippen LogP contribution in [0.1, 0.15) is 15.9 Å². The fraction of sp³-hybridized carbons (Fsp3) is 0.111. The van der Waals surface area contributed by atoms with E-state index < -0.39 is 5.97 Å². The Labute approximate surface area is 132 Å². The van der Waals surface area contributed by atoms with Gasteiger partial charge in [-0.25, -0.2) is 9.18 Å². The summed E-state index contributed by atoms with van der Waals surface area (Å²) < 4.78 is 19.8. The molecule has 0 N–H and O–H groups in total. The Kier molecular flexibility index (Phi) is 3.93. The minimum Gasteiger partial charge on any atom is -0.465 e. The molecule has 3 aromatic rings. The number of benzene rings is 2. The van der Waals surface area contributed by atoms with Crippen molar-refractivity contribution in [2.24, 2.45) is 0 Å². The van der Waals surface area contributed by atoms with Crippen LogP contribution in [-0.2, 0) is 16.0 Å². The van der Waals surface area contributed by atoms with Gasteiger partial charge in [0.25, 0.3) is 0 Å². The predicted molar refractivity (Wildman–Crippen MR) is 84.3 cm³/mol. The van der Waals surface area contributed by atoms with E-state index in [4.69, 9.17) is 4.74 Å². The second-order valence-corrected chi connectivity index (χ2v) is 5.06. The second-order valence-electron chi connectivity index (χ2n) is 5.06. The maximum atomic E-state index is 13.1. The fourth-order valence-electron chi connectivity index (χ4n) is 2.71. The standard InChI is InChI=1S/C18H14FNO3/c1-23-18(22)15-3-2-4-16-17(15)12(9-10-21)11-20(16)14-7-5-13(19)6-8-14/h2-8,10-11H,9H2,1H3. The molecule has 0 amide bonds.